The van der Waals surface area contributed by atoms with Gasteiger partial charge in [-0.25, -0.2) is 4.39 Å². The fourth-order valence-electron chi connectivity index (χ4n) is 1.73. The van der Waals surface area contributed by atoms with E-state index in [-0.39, 0.29) is 18.3 Å². The standard InChI is InChI=1S/C16H16FNO3/c1-2-20-13-7-5-6-12(10-13)18-16(19)11-21-15-9-4-3-8-14(15)17/h3-10H,2,11H2,1H3,(H,18,19). The first kappa shape index (κ1) is 14.8. The number of anilines is 1. The van der Waals surface area contributed by atoms with Gasteiger partial charge in [-0.2, -0.15) is 0 Å². The van der Waals surface area contributed by atoms with Gasteiger partial charge in [0.25, 0.3) is 5.91 Å². The average Bonchev–Trinajstić information content (AvgIpc) is 2.47. The summed E-state index contributed by atoms with van der Waals surface area (Å²) in [4.78, 5) is 11.8. The lowest BCUT2D eigenvalue weighted by molar-refractivity contribution is -0.118. The van der Waals surface area contributed by atoms with E-state index in [9.17, 15) is 9.18 Å². The number of benzene rings is 2. The van der Waals surface area contributed by atoms with E-state index in [1.165, 1.54) is 12.1 Å². The molecule has 0 aliphatic rings. The van der Waals surface area contributed by atoms with Crippen LogP contribution in [0, 0.1) is 5.82 Å². The molecular formula is C16H16FNO3. The molecule has 110 valence electrons. The summed E-state index contributed by atoms with van der Waals surface area (Å²) in [5.41, 5.74) is 0.600. The van der Waals surface area contributed by atoms with E-state index in [1.807, 2.05) is 6.92 Å². The molecule has 1 amide bonds. The molecule has 0 fully saturated rings. The van der Waals surface area contributed by atoms with Crippen molar-refractivity contribution in [3.63, 3.8) is 0 Å². The Bertz CT molecular complexity index is 616. The number of carbonyl (C=O) groups excluding carboxylic acids is 1. The maximum absolute atomic E-state index is 13.3. The van der Waals surface area contributed by atoms with Crippen molar-refractivity contribution in [2.45, 2.75) is 6.92 Å². The molecule has 0 radical (unpaired) electrons. The quantitative estimate of drug-likeness (QED) is 0.888. The molecule has 0 unspecified atom stereocenters. The molecule has 2 aromatic rings. The lowest BCUT2D eigenvalue weighted by Gasteiger charge is -2.09. The van der Waals surface area contributed by atoms with Crippen molar-refractivity contribution in [1.29, 1.82) is 0 Å². The van der Waals surface area contributed by atoms with Crippen LogP contribution in [0.25, 0.3) is 0 Å². The van der Waals surface area contributed by atoms with Crippen LogP contribution in [0.5, 0.6) is 11.5 Å². The number of para-hydroxylation sites is 1. The van der Waals surface area contributed by atoms with E-state index in [2.05, 4.69) is 5.32 Å². The van der Waals surface area contributed by atoms with Crippen LogP contribution in [0.4, 0.5) is 10.1 Å². The number of ether oxygens (including phenoxy) is 2. The molecule has 0 aliphatic heterocycles. The smallest absolute Gasteiger partial charge is 0.262 e. The number of nitrogens with one attached hydrogen (secondary N) is 1. The molecule has 2 aromatic carbocycles. The molecule has 5 heteroatoms. The summed E-state index contributed by atoms with van der Waals surface area (Å²) in [5, 5.41) is 2.66. The molecule has 0 saturated heterocycles. The van der Waals surface area contributed by atoms with Crippen molar-refractivity contribution >= 4 is 11.6 Å². The second-order valence-corrected chi connectivity index (χ2v) is 4.23. The lowest BCUT2D eigenvalue weighted by atomic mass is 10.3. The summed E-state index contributed by atoms with van der Waals surface area (Å²) in [6.07, 6.45) is 0. The van der Waals surface area contributed by atoms with Gasteiger partial charge in [-0.1, -0.05) is 18.2 Å². The van der Waals surface area contributed by atoms with Crippen molar-refractivity contribution in [3.8, 4) is 11.5 Å². The number of amides is 1. The molecule has 2 rings (SSSR count). The third-order valence-corrected chi connectivity index (χ3v) is 2.62. The Balaban J connectivity index is 1.90. The zero-order chi connectivity index (χ0) is 15.1. The van der Waals surface area contributed by atoms with Gasteiger partial charge in [-0.3, -0.25) is 4.79 Å². The summed E-state index contributed by atoms with van der Waals surface area (Å²) in [7, 11) is 0. The molecular weight excluding hydrogens is 273 g/mol. The van der Waals surface area contributed by atoms with Crippen molar-refractivity contribution in [2.24, 2.45) is 0 Å². The largest absolute Gasteiger partial charge is 0.494 e. The van der Waals surface area contributed by atoms with Gasteiger partial charge >= 0.3 is 0 Å². The van der Waals surface area contributed by atoms with Crippen LogP contribution in [-0.4, -0.2) is 19.1 Å². The van der Waals surface area contributed by atoms with Crippen LogP contribution in [0.15, 0.2) is 48.5 Å². The molecule has 1 N–H and O–H groups in total. The van der Waals surface area contributed by atoms with Crippen molar-refractivity contribution < 1.29 is 18.7 Å². The molecule has 0 saturated carbocycles. The van der Waals surface area contributed by atoms with Crippen LogP contribution < -0.4 is 14.8 Å². The highest BCUT2D eigenvalue weighted by atomic mass is 19.1. The van der Waals surface area contributed by atoms with Gasteiger partial charge in [0.15, 0.2) is 18.2 Å². The molecule has 0 bridgehead atoms. The van der Waals surface area contributed by atoms with Crippen LogP contribution in [0.3, 0.4) is 0 Å². The third kappa shape index (κ3) is 4.49. The number of carbonyl (C=O) groups is 1. The lowest BCUT2D eigenvalue weighted by Crippen LogP contribution is -2.20. The first-order chi connectivity index (χ1) is 10.2. The van der Waals surface area contributed by atoms with Gasteiger partial charge in [0.2, 0.25) is 0 Å². The summed E-state index contributed by atoms with van der Waals surface area (Å²) >= 11 is 0. The Morgan fingerprint density at radius 3 is 2.71 bits per heavy atom. The van der Waals surface area contributed by atoms with Crippen molar-refractivity contribution in [2.75, 3.05) is 18.5 Å². The Labute approximate surface area is 122 Å². The normalized spacial score (nSPS) is 10.0. The summed E-state index contributed by atoms with van der Waals surface area (Å²) in [6, 6.07) is 13.0. The summed E-state index contributed by atoms with van der Waals surface area (Å²) < 4.78 is 23.8. The molecule has 0 spiro atoms. The topological polar surface area (TPSA) is 47.6 Å². The van der Waals surface area contributed by atoms with Crippen molar-refractivity contribution in [1.82, 2.24) is 0 Å². The SMILES string of the molecule is CCOc1cccc(NC(=O)COc2ccccc2F)c1. The number of rotatable bonds is 6. The van der Waals surface area contributed by atoms with E-state index in [1.54, 1.807) is 36.4 Å². The van der Waals surface area contributed by atoms with Crippen LogP contribution >= 0.6 is 0 Å². The zero-order valence-electron chi connectivity index (χ0n) is 11.6. The molecule has 0 atom stereocenters. The maximum atomic E-state index is 13.3. The molecule has 0 aromatic heterocycles. The monoisotopic (exact) mass is 289 g/mol. The van der Waals surface area contributed by atoms with Gasteiger partial charge in [0, 0.05) is 11.8 Å². The highest BCUT2D eigenvalue weighted by Gasteiger charge is 2.07. The van der Waals surface area contributed by atoms with Crippen molar-refractivity contribution in [3.05, 3.63) is 54.3 Å². The highest BCUT2D eigenvalue weighted by Crippen LogP contribution is 2.18. The minimum Gasteiger partial charge on any atom is -0.494 e. The van der Waals surface area contributed by atoms with Crippen LogP contribution in [0.1, 0.15) is 6.92 Å². The Kier molecular flexibility index (Phi) is 5.15. The highest BCUT2D eigenvalue weighted by molar-refractivity contribution is 5.92. The van der Waals surface area contributed by atoms with E-state index < -0.39 is 5.82 Å². The average molecular weight is 289 g/mol. The maximum Gasteiger partial charge on any atom is 0.262 e. The molecule has 0 heterocycles. The molecule has 4 nitrogen and oxygen atoms in total. The van der Waals surface area contributed by atoms with Gasteiger partial charge in [0.1, 0.15) is 5.75 Å². The Hall–Kier alpha value is -2.56. The first-order valence-corrected chi connectivity index (χ1v) is 6.59. The Morgan fingerprint density at radius 2 is 1.95 bits per heavy atom. The molecule has 21 heavy (non-hydrogen) atoms. The van der Waals surface area contributed by atoms with E-state index in [4.69, 9.17) is 9.47 Å². The van der Waals surface area contributed by atoms with Gasteiger partial charge < -0.3 is 14.8 Å². The Morgan fingerprint density at radius 1 is 1.14 bits per heavy atom. The first-order valence-electron chi connectivity index (χ1n) is 6.59. The minimum absolute atomic E-state index is 0.0516. The number of hydrogen-bond donors (Lipinski definition) is 1. The second kappa shape index (κ2) is 7.28. The van der Waals surface area contributed by atoms with E-state index in [0.29, 0.717) is 18.0 Å². The number of halogens is 1. The van der Waals surface area contributed by atoms with Crippen LogP contribution in [0.2, 0.25) is 0 Å². The predicted octanol–water partition coefficient (Wildman–Crippen LogP) is 3.24. The number of hydrogen-bond acceptors (Lipinski definition) is 3. The fraction of sp³-hybridized carbons (Fsp3) is 0.188. The summed E-state index contributed by atoms with van der Waals surface area (Å²) in [6.45, 7) is 2.17. The third-order valence-electron chi connectivity index (χ3n) is 2.62. The zero-order valence-corrected chi connectivity index (χ0v) is 11.6. The predicted molar refractivity (Wildman–Crippen MR) is 78.1 cm³/mol. The molecule has 0 aliphatic carbocycles. The van der Waals surface area contributed by atoms with Gasteiger partial charge in [0.05, 0.1) is 6.61 Å². The fourth-order valence-corrected chi connectivity index (χ4v) is 1.73. The van der Waals surface area contributed by atoms with Crippen LogP contribution in [-0.2, 0) is 4.79 Å². The van der Waals surface area contributed by atoms with E-state index >= 15 is 0 Å². The van der Waals surface area contributed by atoms with Gasteiger partial charge in [-0.05, 0) is 31.2 Å². The van der Waals surface area contributed by atoms with E-state index in [0.717, 1.165) is 0 Å². The minimum atomic E-state index is -0.497. The second-order valence-electron chi connectivity index (χ2n) is 4.23. The van der Waals surface area contributed by atoms with Gasteiger partial charge in [-0.15, -0.1) is 0 Å². The summed E-state index contributed by atoms with van der Waals surface area (Å²) in [5.74, 6) is -0.142.